The minimum Gasteiger partial charge on any atom is -0.444 e. The average molecular weight is 335 g/mol. The minimum absolute atomic E-state index is 0.0970. The van der Waals surface area contributed by atoms with Crippen LogP contribution in [-0.4, -0.2) is 37.0 Å². The maximum absolute atomic E-state index is 12.0. The van der Waals surface area contributed by atoms with Crippen molar-refractivity contribution in [2.75, 3.05) is 24.0 Å². The van der Waals surface area contributed by atoms with Crippen LogP contribution in [-0.2, 0) is 14.3 Å². The lowest BCUT2D eigenvalue weighted by Gasteiger charge is -2.22. The minimum atomic E-state index is -0.557. The van der Waals surface area contributed by atoms with Crippen molar-refractivity contribution in [3.05, 3.63) is 24.3 Å². The Balaban J connectivity index is 1.98. The molecule has 132 valence electrons. The van der Waals surface area contributed by atoms with Gasteiger partial charge in [-0.05, 0) is 51.8 Å². The second-order valence-corrected chi connectivity index (χ2v) is 6.64. The molecule has 0 spiro atoms. The zero-order valence-corrected chi connectivity index (χ0v) is 14.3. The Morgan fingerprint density at radius 3 is 2.83 bits per heavy atom. The summed E-state index contributed by atoms with van der Waals surface area (Å²) in [5.74, 6) is -0.0970. The quantitative estimate of drug-likeness (QED) is 0.790. The van der Waals surface area contributed by atoms with Crippen LogP contribution in [0.2, 0.25) is 0 Å². The molecule has 1 aliphatic heterocycles. The number of ether oxygens (including phenoxy) is 2. The van der Waals surface area contributed by atoms with Gasteiger partial charge in [-0.2, -0.15) is 0 Å². The number of benzene rings is 1. The molecule has 0 bridgehead atoms. The highest BCUT2D eigenvalue weighted by atomic mass is 16.6. The first kappa shape index (κ1) is 18.1. The monoisotopic (exact) mass is 335 g/mol. The summed E-state index contributed by atoms with van der Waals surface area (Å²) in [7, 11) is 0. The predicted molar refractivity (Wildman–Crippen MR) is 91.9 cm³/mol. The number of carbonyl (C=O) groups is 2. The van der Waals surface area contributed by atoms with Crippen molar-refractivity contribution in [2.45, 2.75) is 45.3 Å². The molecule has 7 heteroatoms. The first-order chi connectivity index (χ1) is 11.3. The molecule has 1 unspecified atom stereocenters. The fourth-order valence-corrected chi connectivity index (χ4v) is 2.29. The summed E-state index contributed by atoms with van der Waals surface area (Å²) in [6.07, 6.45) is 0.969. The van der Waals surface area contributed by atoms with Crippen molar-refractivity contribution in [3.8, 4) is 0 Å². The number of rotatable bonds is 3. The topological polar surface area (TPSA) is 88.7 Å². The lowest BCUT2D eigenvalue weighted by molar-refractivity contribution is -0.124. The molecule has 0 aromatic heterocycles. The number of nitrogens with one attached hydrogen (secondary N) is 3. The van der Waals surface area contributed by atoms with Crippen molar-refractivity contribution >= 4 is 23.4 Å². The molecule has 1 heterocycles. The molecule has 1 aromatic rings. The largest absolute Gasteiger partial charge is 0.444 e. The Labute approximate surface area is 142 Å². The molecular formula is C17H25N3O4. The molecule has 7 nitrogen and oxygen atoms in total. The van der Waals surface area contributed by atoms with Gasteiger partial charge in [-0.25, -0.2) is 4.79 Å². The van der Waals surface area contributed by atoms with E-state index >= 15 is 0 Å². The average Bonchev–Trinajstić information content (AvgIpc) is 2.45. The predicted octanol–water partition coefficient (Wildman–Crippen LogP) is 2.70. The molecule has 0 saturated carbocycles. The second kappa shape index (κ2) is 8.01. The molecule has 24 heavy (non-hydrogen) atoms. The Kier molecular flexibility index (Phi) is 6.03. The molecule has 2 rings (SSSR count). The maximum Gasteiger partial charge on any atom is 0.412 e. The highest BCUT2D eigenvalue weighted by Crippen LogP contribution is 2.19. The van der Waals surface area contributed by atoms with Gasteiger partial charge in [0.25, 0.3) is 0 Å². The second-order valence-electron chi connectivity index (χ2n) is 6.64. The standard InChI is InChI=1S/C17H25N3O4/c1-17(2,3)24-16(22)20-13-7-4-6-12(10-13)19-14-8-5-9-23-11-18-15(14)21/h4,6-7,10,14,19H,5,8-9,11H2,1-3H3,(H,18,21)(H,20,22). The van der Waals surface area contributed by atoms with E-state index in [0.717, 1.165) is 12.1 Å². The Hall–Kier alpha value is -2.28. The summed E-state index contributed by atoms with van der Waals surface area (Å²) < 4.78 is 10.5. The third kappa shape index (κ3) is 6.08. The third-order valence-electron chi connectivity index (χ3n) is 3.30. The van der Waals surface area contributed by atoms with E-state index in [2.05, 4.69) is 16.0 Å². The van der Waals surface area contributed by atoms with E-state index in [1.54, 1.807) is 18.2 Å². The Morgan fingerprint density at radius 2 is 2.08 bits per heavy atom. The SMILES string of the molecule is CC(C)(C)OC(=O)Nc1cccc(NC2CCCOCNC2=O)c1. The van der Waals surface area contributed by atoms with E-state index < -0.39 is 11.7 Å². The van der Waals surface area contributed by atoms with Gasteiger partial charge in [-0.3, -0.25) is 10.1 Å². The normalized spacial score (nSPS) is 18.8. The smallest absolute Gasteiger partial charge is 0.412 e. The van der Waals surface area contributed by atoms with Crippen molar-refractivity contribution in [1.29, 1.82) is 0 Å². The van der Waals surface area contributed by atoms with Gasteiger partial charge in [0.15, 0.2) is 0 Å². The highest BCUT2D eigenvalue weighted by molar-refractivity contribution is 5.87. The van der Waals surface area contributed by atoms with E-state index in [1.165, 1.54) is 0 Å². The van der Waals surface area contributed by atoms with Crippen molar-refractivity contribution in [2.24, 2.45) is 0 Å². The zero-order valence-electron chi connectivity index (χ0n) is 14.3. The van der Waals surface area contributed by atoms with Crippen LogP contribution in [0.15, 0.2) is 24.3 Å². The van der Waals surface area contributed by atoms with Gasteiger partial charge in [0.1, 0.15) is 18.4 Å². The number of hydrogen-bond acceptors (Lipinski definition) is 5. The fraction of sp³-hybridized carbons (Fsp3) is 0.529. The molecule has 2 amide bonds. The lowest BCUT2D eigenvalue weighted by Crippen LogP contribution is -2.42. The van der Waals surface area contributed by atoms with E-state index in [1.807, 2.05) is 26.8 Å². The number of amides is 2. The van der Waals surface area contributed by atoms with Gasteiger partial charge < -0.3 is 20.1 Å². The summed E-state index contributed by atoms with van der Waals surface area (Å²) in [4.78, 5) is 23.9. The molecule has 1 fully saturated rings. The molecule has 3 N–H and O–H groups in total. The first-order valence-electron chi connectivity index (χ1n) is 8.05. The van der Waals surface area contributed by atoms with E-state index in [4.69, 9.17) is 9.47 Å². The lowest BCUT2D eigenvalue weighted by atomic mass is 10.1. The van der Waals surface area contributed by atoms with Gasteiger partial charge in [0.05, 0.1) is 0 Å². The van der Waals surface area contributed by atoms with Gasteiger partial charge in [-0.15, -0.1) is 0 Å². The van der Waals surface area contributed by atoms with Crippen LogP contribution < -0.4 is 16.0 Å². The molecule has 1 atom stereocenters. The van der Waals surface area contributed by atoms with Gasteiger partial charge in [0, 0.05) is 18.0 Å². The first-order valence-corrected chi connectivity index (χ1v) is 8.05. The van der Waals surface area contributed by atoms with Gasteiger partial charge in [0.2, 0.25) is 5.91 Å². The van der Waals surface area contributed by atoms with Crippen LogP contribution in [0.3, 0.4) is 0 Å². The molecule has 1 aromatic carbocycles. The summed E-state index contributed by atoms with van der Waals surface area (Å²) in [6, 6.07) is 6.86. The van der Waals surface area contributed by atoms with Crippen LogP contribution in [0.5, 0.6) is 0 Å². The van der Waals surface area contributed by atoms with Crippen LogP contribution in [0, 0.1) is 0 Å². The maximum atomic E-state index is 12.0. The van der Waals surface area contributed by atoms with Crippen LogP contribution >= 0.6 is 0 Å². The summed E-state index contributed by atoms with van der Waals surface area (Å²) >= 11 is 0. The summed E-state index contributed by atoms with van der Waals surface area (Å²) in [5.41, 5.74) is 0.799. The highest BCUT2D eigenvalue weighted by Gasteiger charge is 2.20. The van der Waals surface area contributed by atoms with Crippen LogP contribution in [0.1, 0.15) is 33.6 Å². The van der Waals surface area contributed by atoms with E-state index in [9.17, 15) is 9.59 Å². The summed E-state index contributed by atoms with van der Waals surface area (Å²) in [5, 5.41) is 8.60. The zero-order chi connectivity index (χ0) is 17.6. The molecule has 1 aliphatic rings. The Morgan fingerprint density at radius 1 is 1.33 bits per heavy atom. The van der Waals surface area contributed by atoms with Crippen molar-refractivity contribution in [1.82, 2.24) is 5.32 Å². The fourth-order valence-electron chi connectivity index (χ4n) is 2.29. The van der Waals surface area contributed by atoms with Gasteiger partial charge in [-0.1, -0.05) is 6.07 Å². The summed E-state index contributed by atoms with van der Waals surface area (Å²) in [6.45, 7) is 6.28. The third-order valence-corrected chi connectivity index (χ3v) is 3.30. The van der Waals surface area contributed by atoms with Crippen molar-refractivity contribution < 1.29 is 19.1 Å². The number of anilines is 2. The molecule has 1 saturated heterocycles. The molecule has 0 aliphatic carbocycles. The van der Waals surface area contributed by atoms with E-state index in [0.29, 0.717) is 18.7 Å². The van der Waals surface area contributed by atoms with E-state index in [-0.39, 0.29) is 18.7 Å². The number of hydrogen-bond donors (Lipinski definition) is 3. The molecular weight excluding hydrogens is 310 g/mol. The molecule has 0 radical (unpaired) electrons. The van der Waals surface area contributed by atoms with Crippen LogP contribution in [0.4, 0.5) is 16.2 Å². The van der Waals surface area contributed by atoms with Gasteiger partial charge >= 0.3 is 6.09 Å². The Bertz CT molecular complexity index is 583. The van der Waals surface area contributed by atoms with Crippen LogP contribution in [0.25, 0.3) is 0 Å². The number of carbonyl (C=O) groups excluding carboxylic acids is 2. The van der Waals surface area contributed by atoms with Crippen molar-refractivity contribution in [3.63, 3.8) is 0 Å².